The molecule has 0 radical (unpaired) electrons. The Hall–Kier alpha value is -1.87. The number of benzene rings is 2. The van der Waals surface area contributed by atoms with Crippen LogP contribution in [-0.2, 0) is 18.0 Å². The molecule has 0 saturated heterocycles. The predicted octanol–water partition coefficient (Wildman–Crippen LogP) is 3.11. The van der Waals surface area contributed by atoms with Gasteiger partial charge in [-0.2, -0.15) is 0 Å². The summed E-state index contributed by atoms with van der Waals surface area (Å²) in [6.45, 7) is 1.31. The van der Waals surface area contributed by atoms with E-state index >= 15 is 0 Å². The van der Waals surface area contributed by atoms with Crippen molar-refractivity contribution in [1.82, 2.24) is 0 Å². The molecule has 3 heteroatoms. The Kier molecular flexibility index (Phi) is 2.34. The number of hydrogen-bond donors (Lipinski definition) is 1. The molecule has 0 saturated carbocycles. The quantitative estimate of drug-likeness (QED) is 0.762. The molecule has 0 spiro atoms. The highest BCUT2D eigenvalue weighted by Gasteiger charge is 2.12. The number of halogens is 1. The van der Waals surface area contributed by atoms with Crippen LogP contribution in [-0.4, -0.2) is 0 Å². The number of nitrogen functional groups attached to an aromatic ring is 1. The van der Waals surface area contributed by atoms with Gasteiger partial charge in [-0.3, -0.25) is 0 Å². The van der Waals surface area contributed by atoms with Crippen LogP contribution in [0, 0.1) is 5.82 Å². The van der Waals surface area contributed by atoms with Gasteiger partial charge >= 0.3 is 0 Å². The second kappa shape index (κ2) is 3.86. The number of nitrogens with two attached hydrogens (primary N) is 1. The van der Waals surface area contributed by atoms with Gasteiger partial charge in [-0.15, -0.1) is 0 Å². The molecule has 2 N–H and O–H groups in total. The van der Waals surface area contributed by atoms with Crippen molar-refractivity contribution >= 4 is 5.69 Å². The van der Waals surface area contributed by atoms with Gasteiger partial charge in [0.15, 0.2) is 0 Å². The van der Waals surface area contributed by atoms with Gasteiger partial charge in [0, 0.05) is 0 Å². The van der Waals surface area contributed by atoms with Crippen LogP contribution in [0.25, 0.3) is 11.1 Å². The minimum Gasteiger partial charge on any atom is -0.396 e. The number of hydrogen-bond acceptors (Lipinski definition) is 2. The van der Waals surface area contributed by atoms with Crippen LogP contribution in [0.15, 0.2) is 36.4 Å². The van der Waals surface area contributed by atoms with Gasteiger partial charge in [0.05, 0.1) is 18.9 Å². The van der Waals surface area contributed by atoms with Crippen molar-refractivity contribution in [2.75, 3.05) is 5.73 Å². The van der Waals surface area contributed by atoms with E-state index in [1.807, 2.05) is 24.3 Å². The van der Waals surface area contributed by atoms with Gasteiger partial charge < -0.3 is 10.5 Å². The monoisotopic (exact) mass is 229 g/mol. The lowest BCUT2D eigenvalue weighted by molar-refractivity contribution is 0.134. The van der Waals surface area contributed by atoms with Crippen molar-refractivity contribution in [2.45, 2.75) is 13.2 Å². The summed E-state index contributed by atoms with van der Waals surface area (Å²) in [5.74, 6) is -0.376. The molecule has 0 fully saturated rings. The van der Waals surface area contributed by atoms with Crippen LogP contribution in [0.5, 0.6) is 0 Å². The first kappa shape index (κ1) is 10.3. The highest BCUT2D eigenvalue weighted by molar-refractivity contribution is 5.67. The van der Waals surface area contributed by atoms with Gasteiger partial charge in [0.25, 0.3) is 0 Å². The Balaban J connectivity index is 2.06. The van der Waals surface area contributed by atoms with E-state index in [-0.39, 0.29) is 11.5 Å². The third-order valence-electron chi connectivity index (χ3n) is 3.06. The predicted molar refractivity (Wildman–Crippen MR) is 64.7 cm³/mol. The average Bonchev–Trinajstić information content (AvgIpc) is 2.79. The molecule has 0 atom stereocenters. The maximum absolute atomic E-state index is 13.4. The maximum Gasteiger partial charge on any atom is 0.146 e. The highest BCUT2D eigenvalue weighted by atomic mass is 19.1. The number of ether oxygens (including phenoxy) is 1. The van der Waals surface area contributed by atoms with E-state index in [1.54, 1.807) is 6.07 Å². The van der Waals surface area contributed by atoms with E-state index in [1.165, 1.54) is 17.2 Å². The van der Waals surface area contributed by atoms with E-state index in [0.717, 1.165) is 11.1 Å². The van der Waals surface area contributed by atoms with Gasteiger partial charge in [-0.25, -0.2) is 4.39 Å². The van der Waals surface area contributed by atoms with Gasteiger partial charge in [0.1, 0.15) is 5.82 Å². The smallest absolute Gasteiger partial charge is 0.146 e. The Bertz CT molecular complexity index is 580. The number of anilines is 1. The second-order valence-electron chi connectivity index (χ2n) is 4.21. The SMILES string of the molecule is Nc1ccc(-c2ccc3c(c2)COC3)cc1F. The molecule has 1 heterocycles. The molecule has 0 unspecified atom stereocenters. The Morgan fingerprint density at radius 1 is 0.941 bits per heavy atom. The summed E-state index contributed by atoms with van der Waals surface area (Å²) >= 11 is 0. The molecule has 17 heavy (non-hydrogen) atoms. The van der Waals surface area contributed by atoms with E-state index in [4.69, 9.17) is 10.5 Å². The van der Waals surface area contributed by atoms with Crippen LogP contribution in [0.1, 0.15) is 11.1 Å². The lowest BCUT2D eigenvalue weighted by atomic mass is 10.0. The van der Waals surface area contributed by atoms with E-state index in [0.29, 0.717) is 13.2 Å². The number of rotatable bonds is 1. The minimum atomic E-state index is -0.376. The highest BCUT2D eigenvalue weighted by Crippen LogP contribution is 2.28. The van der Waals surface area contributed by atoms with E-state index in [2.05, 4.69) is 0 Å². The second-order valence-corrected chi connectivity index (χ2v) is 4.21. The normalized spacial score (nSPS) is 13.7. The van der Waals surface area contributed by atoms with Crippen molar-refractivity contribution in [3.63, 3.8) is 0 Å². The van der Waals surface area contributed by atoms with Crippen LogP contribution in [0.3, 0.4) is 0 Å². The lowest BCUT2D eigenvalue weighted by Gasteiger charge is -2.05. The van der Waals surface area contributed by atoms with Crippen LogP contribution >= 0.6 is 0 Å². The summed E-state index contributed by atoms with van der Waals surface area (Å²) in [5, 5.41) is 0. The fourth-order valence-electron chi connectivity index (χ4n) is 2.06. The molecule has 2 nitrogen and oxygen atoms in total. The van der Waals surface area contributed by atoms with Crippen molar-refractivity contribution in [1.29, 1.82) is 0 Å². The summed E-state index contributed by atoms with van der Waals surface area (Å²) in [6.07, 6.45) is 0. The van der Waals surface area contributed by atoms with Crippen molar-refractivity contribution in [3.05, 3.63) is 53.3 Å². The zero-order chi connectivity index (χ0) is 11.8. The van der Waals surface area contributed by atoms with Crippen molar-refractivity contribution in [3.8, 4) is 11.1 Å². The lowest BCUT2D eigenvalue weighted by Crippen LogP contribution is -1.91. The van der Waals surface area contributed by atoms with Crippen molar-refractivity contribution < 1.29 is 9.13 Å². The molecule has 3 rings (SSSR count). The Labute approximate surface area is 98.8 Å². The minimum absolute atomic E-state index is 0.179. The Morgan fingerprint density at radius 3 is 2.47 bits per heavy atom. The summed E-state index contributed by atoms with van der Waals surface area (Å²) < 4.78 is 18.7. The molecule has 0 bridgehead atoms. The molecule has 1 aliphatic rings. The molecule has 0 amide bonds. The summed E-state index contributed by atoms with van der Waals surface area (Å²) in [6, 6.07) is 11.0. The van der Waals surface area contributed by atoms with Gasteiger partial charge in [-0.05, 0) is 40.5 Å². The topological polar surface area (TPSA) is 35.2 Å². The average molecular weight is 229 g/mol. The first-order valence-electron chi connectivity index (χ1n) is 5.49. The fraction of sp³-hybridized carbons (Fsp3) is 0.143. The molecular formula is C14H12FNO. The van der Waals surface area contributed by atoms with Crippen molar-refractivity contribution in [2.24, 2.45) is 0 Å². The summed E-state index contributed by atoms with van der Waals surface area (Å²) in [7, 11) is 0. The standard InChI is InChI=1S/C14H12FNO/c15-13-6-10(3-4-14(13)16)9-1-2-11-7-17-8-12(11)5-9/h1-6H,7-8,16H2. The van der Waals surface area contributed by atoms with E-state index < -0.39 is 0 Å². The Morgan fingerprint density at radius 2 is 1.65 bits per heavy atom. The molecule has 2 aromatic rings. The largest absolute Gasteiger partial charge is 0.396 e. The fourth-order valence-corrected chi connectivity index (χ4v) is 2.06. The third kappa shape index (κ3) is 1.78. The first-order chi connectivity index (χ1) is 8.24. The van der Waals surface area contributed by atoms with E-state index in [9.17, 15) is 4.39 Å². The molecule has 2 aromatic carbocycles. The molecular weight excluding hydrogens is 217 g/mol. The molecule has 86 valence electrons. The summed E-state index contributed by atoms with van der Waals surface area (Å²) in [4.78, 5) is 0. The zero-order valence-electron chi connectivity index (χ0n) is 9.24. The molecule has 0 aliphatic carbocycles. The van der Waals surface area contributed by atoms with Crippen LogP contribution < -0.4 is 5.73 Å². The first-order valence-corrected chi connectivity index (χ1v) is 5.49. The van der Waals surface area contributed by atoms with Gasteiger partial charge in [0.2, 0.25) is 0 Å². The number of fused-ring (bicyclic) bond motifs is 1. The van der Waals surface area contributed by atoms with Crippen LogP contribution in [0.4, 0.5) is 10.1 Å². The molecule has 1 aliphatic heterocycles. The maximum atomic E-state index is 13.4. The van der Waals surface area contributed by atoms with Crippen LogP contribution in [0.2, 0.25) is 0 Å². The van der Waals surface area contributed by atoms with Gasteiger partial charge in [-0.1, -0.05) is 18.2 Å². The summed E-state index contributed by atoms with van der Waals surface area (Å²) in [5.41, 5.74) is 9.87. The molecule has 0 aromatic heterocycles. The zero-order valence-corrected chi connectivity index (χ0v) is 9.24. The third-order valence-corrected chi connectivity index (χ3v) is 3.06.